The first-order chi connectivity index (χ1) is 10.7. The molecule has 0 bridgehead atoms. The van der Waals surface area contributed by atoms with Gasteiger partial charge in [-0.2, -0.15) is 0 Å². The van der Waals surface area contributed by atoms with Gasteiger partial charge in [0.25, 0.3) is 0 Å². The van der Waals surface area contributed by atoms with E-state index in [9.17, 15) is 0 Å². The van der Waals surface area contributed by atoms with Gasteiger partial charge in [-0.3, -0.25) is 0 Å². The molecule has 6 heteroatoms. The van der Waals surface area contributed by atoms with E-state index in [4.69, 9.17) is 11.5 Å². The Morgan fingerprint density at radius 3 is 2.86 bits per heavy atom. The summed E-state index contributed by atoms with van der Waals surface area (Å²) in [7, 11) is 0. The van der Waals surface area contributed by atoms with Gasteiger partial charge in [-0.15, -0.1) is 11.3 Å². The van der Waals surface area contributed by atoms with Crippen LogP contribution in [0, 0.1) is 0 Å². The van der Waals surface area contributed by atoms with E-state index in [2.05, 4.69) is 32.5 Å². The molecule has 0 aliphatic carbocycles. The molecule has 22 heavy (non-hydrogen) atoms. The standard InChI is InChI=1S/C16H13N5S/c17-16(18)19-9-5-6-12-13(7-9)21-15(20-12)11-8-22-14-4-2-1-3-10(11)14/h1-8H,(H,20,21)(H4,17,18,19). The van der Waals surface area contributed by atoms with Crippen molar-refractivity contribution in [3.63, 3.8) is 0 Å². The SMILES string of the molecule is NC(N)=Nc1ccc2nc(-c3csc4ccccc34)[nH]c2c1. The van der Waals surface area contributed by atoms with Crippen LogP contribution in [0.1, 0.15) is 0 Å². The van der Waals surface area contributed by atoms with Gasteiger partial charge in [-0.05, 0) is 24.3 Å². The van der Waals surface area contributed by atoms with Crippen molar-refractivity contribution in [1.82, 2.24) is 9.97 Å². The van der Waals surface area contributed by atoms with Crippen molar-refractivity contribution in [2.24, 2.45) is 16.5 Å². The summed E-state index contributed by atoms with van der Waals surface area (Å²) in [6, 6.07) is 14.0. The summed E-state index contributed by atoms with van der Waals surface area (Å²) in [6.45, 7) is 0. The zero-order chi connectivity index (χ0) is 15.1. The normalized spacial score (nSPS) is 11.1. The molecule has 5 N–H and O–H groups in total. The highest BCUT2D eigenvalue weighted by atomic mass is 32.1. The predicted octanol–water partition coefficient (Wildman–Crippen LogP) is 3.35. The average Bonchev–Trinajstić information content (AvgIpc) is 3.09. The van der Waals surface area contributed by atoms with Crippen molar-refractivity contribution in [3.05, 3.63) is 47.8 Å². The number of H-pyrrole nitrogens is 1. The number of nitrogens with one attached hydrogen (secondary N) is 1. The lowest BCUT2D eigenvalue weighted by atomic mass is 10.2. The molecule has 2 aromatic carbocycles. The van der Waals surface area contributed by atoms with Crippen molar-refractivity contribution >= 4 is 44.1 Å². The third-order valence-corrected chi connectivity index (χ3v) is 4.42. The number of aromatic amines is 1. The van der Waals surface area contributed by atoms with Gasteiger partial charge >= 0.3 is 0 Å². The van der Waals surface area contributed by atoms with Gasteiger partial charge in [0.2, 0.25) is 0 Å². The first kappa shape index (κ1) is 12.8. The molecule has 0 amide bonds. The lowest BCUT2D eigenvalue weighted by Crippen LogP contribution is -2.21. The van der Waals surface area contributed by atoms with Crippen LogP contribution in [-0.2, 0) is 0 Å². The van der Waals surface area contributed by atoms with E-state index < -0.39 is 0 Å². The summed E-state index contributed by atoms with van der Waals surface area (Å²) in [6.07, 6.45) is 0. The number of fused-ring (bicyclic) bond motifs is 2. The summed E-state index contributed by atoms with van der Waals surface area (Å²) in [4.78, 5) is 12.1. The second-order valence-electron chi connectivity index (χ2n) is 4.97. The highest BCUT2D eigenvalue weighted by Crippen LogP contribution is 2.33. The van der Waals surface area contributed by atoms with Crippen LogP contribution in [0.15, 0.2) is 52.8 Å². The third kappa shape index (κ3) is 2.10. The highest BCUT2D eigenvalue weighted by molar-refractivity contribution is 7.17. The van der Waals surface area contributed by atoms with Crippen molar-refractivity contribution in [1.29, 1.82) is 0 Å². The minimum absolute atomic E-state index is 0.0444. The Labute approximate surface area is 130 Å². The van der Waals surface area contributed by atoms with Gasteiger partial charge in [-0.1, -0.05) is 18.2 Å². The first-order valence-electron chi connectivity index (χ1n) is 6.77. The molecule has 0 spiro atoms. The molecule has 0 fully saturated rings. The Bertz CT molecular complexity index is 1010. The van der Waals surface area contributed by atoms with Gasteiger partial charge in [0.15, 0.2) is 5.96 Å². The molecule has 0 aliphatic heterocycles. The van der Waals surface area contributed by atoms with E-state index >= 15 is 0 Å². The largest absolute Gasteiger partial charge is 0.370 e. The Morgan fingerprint density at radius 1 is 1.14 bits per heavy atom. The summed E-state index contributed by atoms with van der Waals surface area (Å²) in [5, 5.41) is 3.33. The van der Waals surface area contributed by atoms with Crippen LogP contribution in [0.2, 0.25) is 0 Å². The number of hydrogen-bond donors (Lipinski definition) is 3. The molecule has 2 aromatic heterocycles. The lowest BCUT2D eigenvalue weighted by Gasteiger charge is -1.94. The molecule has 0 aliphatic rings. The molecule has 2 heterocycles. The number of hydrogen-bond acceptors (Lipinski definition) is 3. The van der Waals surface area contributed by atoms with Gasteiger partial charge in [0.05, 0.1) is 16.7 Å². The number of nitrogens with two attached hydrogens (primary N) is 2. The molecular weight excluding hydrogens is 294 g/mol. The van der Waals surface area contributed by atoms with Crippen molar-refractivity contribution in [3.8, 4) is 11.4 Å². The molecule has 0 saturated carbocycles. The average molecular weight is 307 g/mol. The maximum Gasteiger partial charge on any atom is 0.191 e. The maximum atomic E-state index is 5.42. The molecule has 4 aromatic rings. The smallest absolute Gasteiger partial charge is 0.191 e. The minimum atomic E-state index is 0.0444. The molecule has 0 saturated heterocycles. The zero-order valence-electron chi connectivity index (χ0n) is 11.6. The molecule has 4 rings (SSSR count). The first-order valence-corrected chi connectivity index (χ1v) is 7.65. The van der Waals surface area contributed by atoms with E-state index in [0.29, 0.717) is 5.69 Å². The number of guanidine groups is 1. The van der Waals surface area contributed by atoms with Crippen molar-refractivity contribution in [2.45, 2.75) is 0 Å². The number of aromatic nitrogens is 2. The Kier molecular flexibility index (Phi) is 2.83. The Hall–Kier alpha value is -2.86. The number of thiophene rings is 1. The van der Waals surface area contributed by atoms with Crippen LogP contribution in [0.4, 0.5) is 5.69 Å². The van der Waals surface area contributed by atoms with Gasteiger partial charge in [-0.25, -0.2) is 9.98 Å². The second-order valence-corrected chi connectivity index (χ2v) is 5.88. The Morgan fingerprint density at radius 2 is 2.00 bits per heavy atom. The molecule has 0 unspecified atom stereocenters. The van der Waals surface area contributed by atoms with E-state index in [-0.39, 0.29) is 5.96 Å². The van der Waals surface area contributed by atoms with Crippen LogP contribution < -0.4 is 11.5 Å². The highest BCUT2D eigenvalue weighted by Gasteiger charge is 2.10. The van der Waals surface area contributed by atoms with Gasteiger partial charge in [0, 0.05) is 21.0 Å². The summed E-state index contributed by atoms with van der Waals surface area (Å²) < 4.78 is 1.25. The van der Waals surface area contributed by atoms with E-state index in [1.54, 1.807) is 11.3 Å². The van der Waals surface area contributed by atoms with E-state index in [0.717, 1.165) is 22.4 Å². The number of imidazole rings is 1. The van der Waals surface area contributed by atoms with Crippen LogP contribution in [0.25, 0.3) is 32.5 Å². The maximum absolute atomic E-state index is 5.42. The molecular formula is C16H13N5S. The van der Waals surface area contributed by atoms with Crippen molar-refractivity contribution < 1.29 is 0 Å². The third-order valence-electron chi connectivity index (χ3n) is 3.46. The van der Waals surface area contributed by atoms with Crippen LogP contribution in [-0.4, -0.2) is 15.9 Å². The summed E-state index contributed by atoms with van der Waals surface area (Å²) in [5.74, 6) is 0.900. The monoisotopic (exact) mass is 307 g/mol. The fraction of sp³-hybridized carbons (Fsp3) is 0. The van der Waals surface area contributed by atoms with Crippen molar-refractivity contribution in [2.75, 3.05) is 0 Å². The van der Waals surface area contributed by atoms with Crippen LogP contribution in [0.3, 0.4) is 0 Å². The van der Waals surface area contributed by atoms with E-state index in [1.807, 2.05) is 30.3 Å². The number of rotatable bonds is 2. The fourth-order valence-electron chi connectivity index (χ4n) is 2.50. The summed E-state index contributed by atoms with van der Waals surface area (Å²) >= 11 is 1.72. The number of aliphatic imine (C=N–C) groups is 1. The quantitative estimate of drug-likeness (QED) is 0.391. The van der Waals surface area contributed by atoms with Crippen LogP contribution in [0.5, 0.6) is 0 Å². The predicted molar refractivity (Wildman–Crippen MR) is 92.4 cm³/mol. The van der Waals surface area contributed by atoms with Gasteiger partial charge < -0.3 is 16.5 Å². The number of nitrogens with zero attached hydrogens (tertiary/aromatic N) is 2. The Balaban J connectivity index is 1.87. The second kappa shape index (κ2) is 4.85. The molecule has 0 radical (unpaired) electrons. The molecule has 5 nitrogen and oxygen atoms in total. The molecule has 0 atom stereocenters. The summed E-state index contributed by atoms with van der Waals surface area (Å²) in [5.41, 5.74) is 14.4. The zero-order valence-corrected chi connectivity index (χ0v) is 12.4. The molecule has 108 valence electrons. The fourth-order valence-corrected chi connectivity index (χ4v) is 3.45. The number of benzene rings is 2. The van der Waals surface area contributed by atoms with Crippen LogP contribution >= 0.6 is 11.3 Å². The topological polar surface area (TPSA) is 93.1 Å². The lowest BCUT2D eigenvalue weighted by molar-refractivity contribution is 1.35. The van der Waals surface area contributed by atoms with E-state index in [1.165, 1.54) is 10.1 Å². The van der Waals surface area contributed by atoms with Gasteiger partial charge in [0.1, 0.15) is 5.82 Å². The minimum Gasteiger partial charge on any atom is -0.370 e.